The molecule has 2 aromatic heterocycles. The van der Waals surface area contributed by atoms with Crippen LogP contribution in [0.1, 0.15) is 22.8 Å². The zero-order valence-electron chi connectivity index (χ0n) is 21.1. The minimum atomic E-state index is -3.69. The van der Waals surface area contributed by atoms with Crippen LogP contribution in [-0.2, 0) is 14.8 Å². The second-order valence-corrected chi connectivity index (χ2v) is 10.7. The lowest BCUT2D eigenvalue weighted by Gasteiger charge is -2.20. The van der Waals surface area contributed by atoms with E-state index < -0.39 is 21.7 Å². The Bertz CT molecular complexity index is 1650. The van der Waals surface area contributed by atoms with Crippen molar-refractivity contribution in [2.45, 2.75) is 6.92 Å². The van der Waals surface area contributed by atoms with Gasteiger partial charge in [-0.1, -0.05) is 11.6 Å². The average molecular weight is 558 g/mol. The normalized spacial score (nSPS) is 11.7. The van der Waals surface area contributed by atoms with Crippen LogP contribution >= 0.6 is 11.6 Å². The number of ether oxygens (including phenoxy) is 1. The van der Waals surface area contributed by atoms with Gasteiger partial charge < -0.3 is 14.5 Å². The summed E-state index contributed by atoms with van der Waals surface area (Å²) in [6.45, 7) is 2.35. The number of amides is 1. The number of carbonyl (C=O) groups is 1. The molecule has 0 saturated carbocycles. The Morgan fingerprint density at radius 2 is 1.92 bits per heavy atom. The van der Waals surface area contributed by atoms with Gasteiger partial charge in [0.05, 0.1) is 36.1 Å². The molecule has 0 unspecified atom stereocenters. The van der Waals surface area contributed by atoms with Crippen LogP contribution in [-0.4, -0.2) is 46.3 Å². The van der Waals surface area contributed by atoms with Crippen molar-refractivity contribution in [2.75, 3.05) is 31.3 Å². The first-order chi connectivity index (χ1) is 18.0. The zero-order valence-corrected chi connectivity index (χ0v) is 22.7. The molecular formula is C27H25ClFN3O5S. The molecule has 0 fully saturated rings. The molecule has 0 spiro atoms. The molecule has 1 N–H and O–H groups in total. The third-order valence-corrected chi connectivity index (χ3v) is 7.36. The fraction of sp³-hybridized carbons (Fsp3) is 0.185. The molecule has 11 heteroatoms. The summed E-state index contributed by atoms with van der Waals surface area (Å²) >= 11 is 6.44. The Labute approximate surface area is 224 Å². The highest BCUT2D eigenvalue weighted by molar-refractivity contribution is 7.92. The van der Waals surface area contributed by atoms with E-state index in [4.69, 9.17) is 20.8 Å². The van der Waals surface area contributed by atoms with Crippen LogP contribution < -0.4 is 9.62 Å². The van der Waals surface area contributed by atoms with Crippen LogP contribution in [0.3, 0.4) is 0 Å². The van der Waals surface area contributed by atoms with Gasteiger partial charge >= 0.3 is 0 Å². The quantitative estimate of drug-likeness (QED) is 0.220. The molecular weight excluding hydrogens is 533 g/mol. The molecule has 0 radical (unpaired) electrons. The number of sulfonamides is 1. The number of furan rings is 1. The molecule has 2 heterocycles. The van der Waals surface area contributed by atoms with Gasteiger partial charge in [-0.2, -0.15) is 0 Å². The summed E-state index contributed by atoms with van der Waals surface area (Å²) < 4.78 is 51.0. The number of nitrogens with zero attached hydrogens (tertiary/aromatic N) is 2. The van der Waals surface area contributed by atoms with Gasteiger partial charge in [-0.3, -0.25) is 9.10 Å². The van der Waals surface area contributed by atoms with Gasteiger partial charge in [-0.25, -0.2) is 17.8 Å². The van der Waals surface area contributed by atoms with Gasteiger partial charge in [0.1, 0.15) is 22.3 Å². The predicted molar refractivity (Wildman–Crippen MR) is 147 cm³/mol. The summed E-state index contributed by atoms with van der Waals surface area (Å²) in [5.74, 6) is -0.652. The fourth-order valence-corrected chi connectivity index (χ4v) is 4.59. The Morgan fingerprint density at radius 1 is 1.21 bits per heavy atom. The molecule has 0 aliphatic rings. The molecule has 0 saturated heterocycles. The topological polar surface area (TPSA) is 102 Å². The van der Waals surface area contributed by atoms with Crippen molar-refractivity contribution in [2.24, 2.45) is 0 Å². The van der Waals surface area contributed by atoms with Crippen molar-refractivity contribution in [1.82, 2.24) is 10.3 Å². The Kier molecular flexibility index (Phi) is 7.75. The highest BCUT2D eigenvalue weighted by Crippen LogP contribution is 2.41. The number of hydrogen-bond donors (Lipinski definition) is 1. The van der Waals surface area contributed by atoms with Crippen LogP contribution in [0.5, 0.6) is 0 Å². The van der Waals surface area contributed by atoms with Gasteiger partial charge in [0.2, 0.25) is 10.0 Å². The van der Waals surface area contributed by atoms with Crippen molar-refractivity contribution < 1.29 is 26.8 Å². The zero-order chi connectivity index (χ0) is 27.6. The van der Waals surface area contributed by atoms with E-state index in [0.29, 0.717) is 34.4 Å². The van der Waals surface area contributed by atoms with E-state index in [1.165, 1.54) is 50.7 Å². The molecule has 0 atom stereocenters. The second-order valence-electron chi connectivity index (χ2n) is 8.32. The largest absolute Gasteiger partial charge is 0.501 e. The van der Waals surface area contributed by atoms with Gasteiger partial charge in [0.15, 0.2) is 0 Å². The van der Waals surface area contributed by atoms with Crippen LogP contribution in [0.2, 0.25) is 5.15 Å². The molecule has 0 aliphatic heterocycles. The molecule has 1 amide bonds. The SMILES string of the molecule is CCOC=Cc1ccc(-c2cc3c(C(=O)NC)c(-c4ccc(F)cc4)oc3cc2N(C)S(C)(=O)=O)nc1Cl. The Hall–Kier alpha value is -3.89. The lowest BCUT2D eigenvalue weighted by Crippen LogP contribution is -2.25. The van der Waals surface area contributed by atoms with E-state index >= 15 is 0 Å². The number of benzene rings is 2. The van der Waals surface area contributed by atoms with Crippen molar-refractivity contribution in [3.63, 3.8) is 0 Å². The fourth-order valence-electron chi connectivity index (χ4n) is 3.87. The molecule has 8 nitrogen and oxygen atoms in total. The standard InChI is InChI=1S/C27H25ClFN3O5S/c1-5-36-13-12-17-8-11-21(31-26(17)28)19-14-20-23(15-22(19)32(3)38(4,34)35)37-25(24(20)27(33)30-2)16-6-9-18(29)10-7-16/h6-15H,5H2,1-4H3,(H,30,33). The number of rotatable bonds is 8. The molecule has 198 valence electrons. The van der Waals surface area contributed by atoms with E-state index in [9.17, 15) is 17.6 Å². The van der Waals surface area contributed by atoms with E-state index in [1.807, 2.05) is 6.92 Å². The minimum absolute atomic E-state index is 0.178. The Morgan fingerprint density at radius 3 is 2.53 bits per heavy atom. The third kappa shape index (κ3) is 5.36. The maximum Gasteiger partial charge on any atom is 0.255 e. The first kappa shape index (κ1) is 27.2. The summed E-state index contributed by atoms with van der Waals surface area (Å²) in [4.78, 5) is 17.5. The van der Waals surface area contributed by atoms with E-state index in [1.54, 1.807) is 24.3 Å². The maximum atomic E-state index is 13.6. The van der Waals surface area contributed by atoms with Crippen LogP contribution in [0.25, 0.3) is 39.6 Å². The first-order valence-electron chi connectivity index (χ1n) is 11.5. The first-order valence-corrected chi connectivity index (χ1v) is 13.7. The molecule has 38 heavy (non-hydrogen) atoms. The second kappa shape index (κ2) is 10.8. The highest BCUT2D eigenvalue weighted by Gasteiger charge is 2.26. The van der Waals surface area contributed by atoms with Crippen molar-refractivity contribution in [1.29, 1.82) is 0 Å². The van der Waals surface area contributed by atoms with E-state index in [2.05, 4.69) is 10.3 Å². The number of hydrogen-bond acceptors (Lipinski definition) is 6. The molecule has 2 aromatic carbocycles. The summed E-state index contributed by atoms with van der Waals surface area (Å²) in [5, 5.41) is 3.20. The smallest absolute Gasteiger partial charge is 0.255 e. The van der Waals surface area contributed by atoms with Crippen LogP contribution in [0.4, 0.5) is 10.1 Å². The lowest BCUT2D eigenvalue weighted by molar-refractivity contribution is 0.0964. The molecule has 4 rings (SSSR count). The third-order valence-electron chi connectivity index (χ3n) is 5.87. The summed E-state index contributed by atoms with van der Waals surface area (Å²) in [6.07, 6.45) is 4.25. The number of aromatic nitrogens is 1. The summed E-state index contributed by atoms with van der Waals surface area (Å²) in [7, 11) is -0.796. The van der Waals surface area contributed by atoms with Gasteiger partial charge in [-0.15, -0.1) is 0 Å². The number of pyridine rings is 1. The predicted octanol–water partition coefficient (Wildman–Crippen LogP) is 5.72. The van der Waals surface area contributed by atoms with Crippen molar-refractivity contribution >= 4 is 50.3 Å². The van der Waals surface area contributed by atoms with Crippen LogP contribution in [0.15, 0.2) is 59.2 Å². The molecule has 0 aliphatic carbocycles. The van der Waals surface area contributed by atoms with Gasteiger partial charge in [-0.05, 0) is 55.5 Å². The Balaban J connectivity index is 2.00. The summed E-state index contributed by atoms with van der Waals surface area (Å²) in [6, 6.07) is 12.1. The van der Waals surface area contributed by atoms with Crippen molar-refractivity contribution in [3.8, 4) is 22.6 Å². The monoisotopic (exact) mass is 557 g/mol. The number of carbonyl (C=O) groups excluding carboxylic acids is 1. The minimum Gasteiger partial charge on any atom is -0.501 e. The van der Waals surface area contributed by atoms with Crippen molar-refractivity contribution in [3.05, 3.63) is 76.9 Å². The molecule has 0 bridgehead atoms. The summed E-state index contributed by atoms with van der Waals surface area (Å²) in [5.41, 5.74) is 2.62. The van der Waals surface area contributed by atoms with Gasteiger partial charge in [0, 0.05) is 42.2 Å². The highest BCUT2D eigenvalue weighted by atomic mass is 35.5. The van der Waals surface area contributed by atoms with Gasteiger partial charge in [0.25, 0.3) is 5.91 Å². The van der Waals surface area contributed by atoms with E-state index in [-0.39, 0.29) is 27.7 Å². The average Bonchev–Trinajstić information content (AvgIpc) is 3.26. The van der Waals surface area contributed by atoms with Crippen LogP contribution in [0, 0.1) is 5.82 Å². The van der Waals surface area contributed by atoms with E-state index in [0.717, 1.165) is 10.6 Å². The molecule has 4 aromatic rings. The lowest BCUT2D eigenvalue weighted by atomic mass is 10.0. The number of nitrogens with one attached hydrogen (secondary N) is 1. The number of halogens is 2. The number of anilines is 1. The maximum absolute atomic E-state index is 13.6. The number of fused-ring (bicyclic) bond motifs is 1.